The predicted octanol–water partition coefficient (Wildman–Crippen LogP) is 1.72. The van der Waals surface area contributed by atoms with Gasteiger partial charge in [0, 0.05) is 36.7 Å². The summed E-state index contributed by atoms with van der Waals surface area (Å²) < 4.78 is 6.42. The number of halogens is 1. The minimum Gasteiger partial charge on any atom is -0.379 e. The summed E-state index contributed by atoms with van der Waals surface area (Å²) in [4.78, 5) is 6.78. The molecule has 0 aromatic carbocycles. The van der Waals surface area contributed by atoms with E-state index in [1.807, 2.05) is 18.3 Å². The normalized spacial score (nSPS) is 17.9. The van der Waals surface area contributed by atoms with Crippen LogP contribution in [0.15, 0.2) is 22.8 Å². The first kappa shape index (κ1) is 11.0. The van der Waals surface area contributed by atoms with Gasteiger partial charge in [-0.3, -0.25) is 9.88 Å². The fourth-order valence-electron chi connectivity index (χ4n) is 1.69. The number of hydrogen-bond donors (Lipinski definition) is 0. The van der Waals surface area contributed by atoms with E-state index in [1.165, 1.54) is 0 Å². The smallest absolute Gasteiger partial charge is 0.0594 e. The summed E-state index contributed by atoms with van der Waals surface area (Å²) in [5, 5.41) is 0. The number of rotatable bonds is 3. The molecule has 1 aliphatic heterocycles. The number of pyridine rings is 1. The van der Waals surface area contributed by atoms with E-state index in [-0.39, 0.29) is 0 Å². The Hall–Kier alpha value is -0.450. The lowest BCUT2D eigenvalue weighted by Crippen LogP contribution is -2.37. The molecule has 1 fully saturated rings. The molecule has 1 aromatic rings. The van der Waals surface area contributed by atoms with Crippen molar-refractivity contribution in [2.24, 2.45) is 0 Å². The van der Waals surface area contributed by atoms with Crippen LogP contribution >= 0.6 is 15.9 Å². The van der Waals surface area contributed by atoms with Crippen LogP contribution in [0.2, 0.25) is 0 Å². The van der Waals surface area contributed by atoms with Crippen molar-refractivity contribution in [1.82, 2.24) is 9.88 Å². The minimum absolute atomic E-state index is 0.864. The predicted molar refractivity (Wildman–Crippen MR) is 62.9 cm³/mol. The quantitative estimate of drug-likeness (QED) is 0.837. The first-order valence-corrected chi connectivity index (χ1v) is 6.05. The summed E-state index contributed by atoms with van der Waals surface area (Å²) in [6, 6.07) is 3.99. The highest BCUT2D eigenvalue weighted by atomic mass is 79.9. The Morgan fingerprint density at radius 1 is 1.40 bits per heavy atom. The van der Waals surface area contributed by atoms with Crippen molar-refractivity contribution in [2.75, 3.05) is 32.8 Å². The second-order valence-electron chi connectivity index (χ2n) is 3.64. The second-order valence-corrected chi connectivity index (χ2v) is 4.49. The lowest BCUT2D eigenvalue weighted by molar-refractivity contribution is 0.0383. The van der Waals surface area contributed by atoms with Crippen LogP contribution in [0.3, 0.4) is 0 Å². The Morgan fingerprint density at radius 2 is 2.20 bits per heavy atom. The Bertz CT molecular complexity index is 313. The Kier molecular flexibility index (Phi) is 4.11. The van der Waals surface area contributed by atoms with Gasteiger partial charge in [-0.1, -0.05) is 0 Å². The van der Waals surface area contributed by atoms with Gasteiger partial charge in [-0.15, -0.1) is 0 Å². The summed E-state index contributed by atoms with van der Waals surface area (Å²) >= 11 is 3.52. The first-order chi connectivity index (χ1) is 7.36. The molecule has 0 saturated carbocycles. The van der Waals surface area contributed by atoms with Crippen molar-refractivity contribution in [3.8, 4) is 0 Å². The molecule has 82 valence electrons. The summed E-state index contributed by atoms with van der Waals surface area (Å²) in [6.45, 7) is 4.89. The average molecular weight is 271 g/mol. The molecule has 15 heavy (non-hydrogen) atoms. The second kappa shape index (κ2) is 5.58. The summed E-state index contributed by atoms with van der Waals surface area (Å²) in [7, 11) is 0. The Labute approximate surface area is 98.6 Å². The van der Waals surface area contributed by atoms with E-state index in [9.17, 15) is 0 Å². The average Bonchev–Trinajstić information content (AvgIpc) is 2.29. The van der Waals surface area contributed by atoms with Gasteiger partial charge in [0.15, 0.2) is 0 Å². The van der Waals surface area contributed by atoms with Gasteiger partial charge >= 0.3 is 0 Å². The summed E-state index contributed by atoms with van der Waals surface area (Å²) in [5.74, 6) is 0. The number of nitrogens with zero attached hydrogens (tertiary/aromatic N) is 2. The highest BCUT2D eigenvalue weighted by Crippen LogP contribution is 2.14. The molecule has 0 atom stereocenters. The van der Waals surface area contributed by atoms with Gasteiger partial charge in [-0.05, 0) is 28.1 Å². The van der Waals surface area contributed by atoms with Gasteiger partial charge in [0.25, 0.3) is 0 Å². The van der Waals surface area contributed by atoms with E-state index in [2.05, 4.69) is 25.8 Å². The molecule has 0 N–H and O–H groups in total. The van der Waals surface area contributed by atoms with Crippen molar-refractivity contribution < 1.29 is 4.74 Å². The molecule has 0 unspecified atom stereocenters. The first-order valence-electron chi connectivity index (χ1n) is 5.26. The topological polar surface area (TPSA) is 25.4 Å². The third-order valence-electron chi connectivity index (χ3n) is 2.60. The molecule has 4 heteroatoms. The number of hydrogen-bond acceptors (Lipinski definition) is 3. The number of aromatic nitrogens is 1. The minimum atomic E-state index is 0.864. The van der Waals surface area contributed by atoms with Gasteiger partial charge < -0.3 is 4.74 Å². The van der Waals surface area contributed by atoms with E-state index in [0.29, 0.717) is 0 Å². The van der Waals surface area contributed by atoms with E-state index >= 15 is 0 Å². The molecule has 0 aliphatic carbocycles. The highest BCUT2D eigenvalue weighted by molar-refractivity contribution is 9.10. The molecule has 2 rings (SSSR count). The third-order valence-corrected chi connectivity index (χ3v) is 3.33. The van der Waals surface area contributed by atoms with E-state index in [4.69, 9.17) is 4.74 Å². The molecule has 2 heterocycles. The zero-order chi connectivity index (χ0) is 10.5. The lowest BCUT2D eigenvalue weighted by Gasteiger charge is -2.26. The Balaban J connectivity index is 1.84. The molecule has 0 radical (unpaired) electrons. The maximum Gasteiger partial charge on any atom is 0.0594 e. The maximum atomic E-state index is 5.31. The molecule has 1 aromatic heterocycles. The monoisotopic (exact) mass is 270 g/mol. The molecule has 0 spiro atoms. The van der Waals surface area contributed by atoms with Gasteiger partial charge in [-0.25, -0.2) is 0 Å². The molecule has 1 aliphatic rings. The van der Waals surface area contributed by atoms with Crippen LogP contribution in [0.25, 0.3) is 0 Å². The van der Waals surface area contributed by atoms with Crippen LogP contribution < -0.4 is 0 Å². The standard InChI is InChI=1S/C11H15BrN2O/c12-10-2-1-4-13-11(10)3-5-14-6-8-15-9-7-14/h1-2,4H,3,5-9H2. The summed E-state index contributed by atoms with van der Waals surface area (Å²) in [5.41, 5.74) is 1.14. The van der Waals surface area contributed by atoms with Crippen molar-refractivity contribution in [2.45, 2.75) is 6.42 Å². The van der Waals surface area contributed by atoms with Crippen LogP contribution in [-0.2, 0) is 11.2 Å². The van der Waals surface area contributed by atoms with Crippen LogP contribution in [-0.4, -0.2) is 42.7 Å². The van der Waals surface area contributed by atoms with Crippen molar-refractivity contribution >= 4 is 15.9 Å². The van der Waals surface area contributed by atoms with Crippen LogP contribution in [0, 0.1) is 0 Å². The molecule has 3 nitrogen and oxygen atoms in total. The van der Waals surface area contributed by atoms with Gasteiger partial charge in [0.1, 0.15) is 0 Å². The van der Waals surface area contributed by atoms with E-state index in [1.54, 1.807) is 0 Å². The highest BCUT2D eigenvalue weighted by Gasteiger charge is 2.10. The van der Waals surface area contributed by atoms with Crippen molar-refractivity contribution in [3.63, 3.8) is 0 Å². The van der Waals surface area contributed by atoms with E-state index in [0.717, 1.165) is 49.4 Å². The fourth-order valence-corrected chi connectivity index (χ4v) is 2.14. The largest absolute Gasteiger partial charge is 0.379 e. The number of morpholine rings is 1. The Morgan fingerprint density at radius 3 is 2.93 bits per heavy atom. The zero-order valence-electron chi connectivity index (χ0n) is 8.66. The lowest BCUT2D eigenvalue weighted by atomic mass is 10.2. The molecular weight excluding hydrogens is 256 g/mol. The number of ether oxygens (including phenoxy) is 1. The fraction of sp³-hybridized carbons (Fsp3) is 0.545. The SMILES string of the molecule is Brc1cccnc1CCN1CCOCC1. The molecule has 1 saturated heterocycles. The van der Waals surface area contributed by atoms with E-state index < -0.39 is 0 Å². The molecule has 0 bridgehead atoms. The maximum absolute atomic E-state index is 5.31. The van der Waals surface area contributed by atoms with Crippen LogP contribution in [0.4, 0.5) is 0 Å². The van der Waals surface area contributed by atoms with Gasteiger partial charge in [0.05, 0.1) is 18.9 Å². The molecule has 0 amide bonds. The van der Waals surface area contributed by atoms with Crippen LogP contribution in [0.5, 0.6) is 0 Å². The van der Waals surface area contributed by atoms with Crippen molar-refractivity contribution in [1.29, 1.82) is 0 Å². The third kappa shape index (κ3) is 3.26. The zero-order valence-corrected chi connectivity index (χ0v) is 10.2. The molecular formula is C11H15BrN2O. The van der Waals surface area contributed by atoms with Gasteiger partial charge in [0.2, 0.25) is 0 Å². The van der Waals surface area contributed by atoms with Gasteiger partial charge in [-0.2, -0.15) is 0 Å². The summed E-state index contributed by atoms with van der Waals surface area (Å²) in [6.07, 6.45) is 2.85. The van der Waals surface area contributed by atoms with Crippen LogP contribution in [0.1, 0.15) is 5.69 Å². The van der Waals surface area contributed by atoms with Crippen molar-refractivity contribution in [3.05, 3.63) is 28.5 Å².